The number of anilines is 1. The molecule has 2 aromatic carbocycles. The van der Waals surface area contributed by atoms with E-state index in [0.29, 0.717) is 19.2 Å². The summed E-state index contributed by atoms with van der Waals surface area (Å²) in [7, 11) is -2.86. The van der Waals surface area contributed by atoms with Gasteiger partial charge in [-0.1, -0.05) is 0 Å². The molecule has 1 fully saturated rings. The minimum Gasteiger partial charge on any atom is -0.341 e. The number of rotatable bonds is 5. The molecule has 33 heavy (non-hydrogen) atoms. The molecule has 1 aliphatic rings. The molecule has 0 bridgehead atoms. The van der Waals surface area contributed by atoms with Gasteiger partial charge in [-0.25, -0.2) is 22.0 Å². The van der Waals surface area contributed by atoms with Crippen LogP contribution in [0, 0.1) is 11.6 Å². The molecule has 0 aliphatic carbocycles. The summed E-state index contributed by atoms with van der Waals surface area (Å²) in [6, 6.07) is 6.08. The maximum Gasteiger partial charge on any atom is 0.331 e. The normalized spacial score (nSPS) is 14.1. The van der Waals surface area contributed by atoms with Crippen LogP contribution in [0.4, 0.5) is 14.5 Å². The van der Waals surface area contributed by atoms with Gasteiger partial charge in [0, 0.05) is 26.2 Å². The lowest BCUT2D eigenvalue weighted by Crippen LogP contribution is -2.43. The number of hydrogen-bond acceptors (Lipinski definition) is 5. The molecular weight excluding hydrogens is 458 g/mol. The standard InChI is InChI=1S/C21H20F2N4O5S/c1-25-18-7-5-14(33(31,32)24-13-4-6-16(22)17(23)10-13)11-15(18)20(29)27(21(25)30)12-19(28)26-8-2-3-9-26/h4-7,10-11,24H,2-3,8-9,12H2,1H3. The monoisotopic (exact) mass is 478 g/mol. The zero-order valence-electron chi connectivity index (χ0n) is 17.5. The lowest BCUT2D eigenvalue weighted by Gasteiger charge is -2.17. The summed E-state index contributed by atoms with van der Waals surface area (Å²) >= 11 is 0. The van der Waals surface area contributed by atoms with E-state index >= 15 is 0 Å². The van der Waals surface area contributed by atoms with Crippen molar-refractivity contribution in [1.29, 1.82) is 0 Å². The average molecular weight is 478 g/mol. The number of sulfonamides is 1. The molecule has 1 saturated heterocycles. The Balaban J connectivity index is 1.75. The van der Waals surface area contributed by atoms with Gasteiger partial charge in [-0.05, 0) is 43.2 Å². The van der Waals surface area contributed by atoms with Crippen LogP contribution in [0.3, 0.4) is 0 Å². The first-order valence-corrected chi connectivity index (χ1v) is 11.6. The number of aromatic nitrogens is 2. The smallest absolute Gasteiger partial charge is 0.331 e. The van der Waals surface area contributed by atoms with E-state index < -0.39 is 39.5 Å². The van der Waals surface area contributed by atoms with Gasteiger partial charge in [0.05, 0.1) is 21.5 Å². The zero-order chi connectivity index (χ0) is 23.9. The van der Waals surface area contributed by atoms with Crippen LogP contribution in [-0.2, 0) is 28.4 Å². The second-order valence-electron chi connectivity index (χ2n) is 7.73. The number of amides is 1. The van der Waals surface area contributed by atoms with E-state index in [0.717, 1.165) is 40.2 Å². The minimum absolute atomic E-state index is 0.0838. The molecule has 3 aromatic rings. The summed E-state index contributed by atoms with van der Waals surface area (Å²) in [4.78, 5) is 39.5. The fourth-order valence-electron chi connectivity index (χ4n) is 3.78. The highest BCUT2D eigenvalue weighted by Crippen LogP contribution is 2.21. The third-order valence-electron chi connectivity index (χ3n) is 5.56. The van der Waals surface area contributed by atoms with Gasteiger partial charge < -0.3 is 4.90 Å². The highest BCUT2D eigenvalue weighted by atomic mass is 32.2. The number of aryl methyl sites for hydroxylation is 1. The maximum atomic E-state index is 13.4. The fourth-order valence-corrected chi connectivity index (χ4v) is 4.85. The van der Waals surface area contributed by atoms with Gasteiger partial charge in [-0.15, -0.1) is 0 Å². The van der Waals surface area contributed by atoms with Gasteiger partial charge in [0.25, 0.3) is 15.6 Å². The Morgan fingerprint density at radius 2 is 1.73 bits per heavy atom. The third-order valence-corrected chi connectivity index (χ3v) is 6.94. The SMILES string of the molecule is Cn1c(=O)n(CC(=O)N2CCCC2)c(=O)c2cc(S(=O)(=O)Nc3ccc(F)c(F)c3)ccc21. The van der Waals surface area contributed by atoms with Crippen molar-refractivity contribution in [3.8, 4) is 0 Å². The maximum absolute atomic E-state index is 13.4. The summed E-state index contributed by atoms with van der Waals surface area (Å²) in [5, 5.41) is -0.0838. The van der Waals surface area contributed by atoms with E-state index in [1.54, 1.807) is 4.90 Å². The van der Waals surface area contributed by atoms with Crippen LogP contribution in [0.25, 0.3) is 10.9 Å². The van der Waals surface area contributed by atoms with E-state index in [1.807, 2.05) is 0 Å². The molecule has 12 heteroatoms. The molecule has 1 amide bonds. The quantitative estimate of drug-likeness (QED) is 0.596. The van der Waals surface area contributed by atoms with E-state index in [2.05, 4.69) is 4.72 Å². The predicted octanol–water partition coefficient (Wildman–Crippen LogP) is 1.40. The van der Waals surface area contributed by atoms with Crippen molar-refractivity contribution in [2.75, 3.05) is 17.8 Å². The first kappa shape index (κ1) is 22.6. The Labute approximate surface area is 186 Å². The Kier molecular flexibility index (Phi) is 5.78. The van der Waals surface area contributed by atoms with Gasteiger partial charge in [0.1, 0.15) is 6.54 Å². The van der Waals surface area contributed by atoms with Crippen molar-refractivity contribution < 1.29 is 22.0 Å². The molecule has 0 spiro atoms. The van der Waals surface area contributed by atoms with Crippen molar-refractivity contribution in [2.24, 2.45) is 7.05 Å². The number of benzene rings is 2. The van der Waals surface area contributed by atoms with Crippen LogP contribution in [0.1, 0.15) is 12.8 Å². The Bertz CT molecular complexity index is 1490. The summed E-state index contributed by atoms with van der Waals surface area (Å²) in [6.07, 6.45) is 1.70. The summed E-state index contributed by atoms with van der Waals surface area (Å²) in [6.45, 7) is 0.657. The summed E-state index contributed by atoms with van der Waals surface area (Å²) in [5.41, 5.74) is -1.52. The van der Waals surface area contributed by atoms with Crippen LogP contribution >= 0.6 is 0 Å². The van der Waals surface area contributed by atoms with Gasteiger partial charge in [-0.2, -0.15) is 0 Å². The first-order valence-electron chi connectivity index (χ1n) is 10.1. The molecule has 4 rings (SSSR count). The molecule has 2 heterocycles. The van der Waals surface area contributed by atoms with Crippen LogP contribution < -0.4 is 16.0 Å². The topological polar surface area (TPSA) is 110 Å². The first-order chi connectivity index (χ1) is 15.6. The summed E-state index contributed by atoms with van der Waals surface area (Å²) < 4.78 is 56.2. The second kappa shape index (κ2) is 8.43. The number of hydrogen-bond donors (Lipinski definition) is 1. The van der Waals surface area contributed by atoms with Crippen molar-refractivity contribution in [3.63, 3.8) is 0 Å². The number of fused-ring (bicyclic) bond motifs is 1. The van der Waals surface area contributed by atoms with Gasteiger partial charge >= 0.3 is 5.69 Å². The molecule has 1 aliphatic heterocycles. The Morgan fingerprint density at radius 3 is 2.39 bits per heavy atom. The molecule has 0 saturated carbocycles. The number of carbonyl (C=O) groups is 1. The number of halogens is 2. The largest absolute Gasteiger partial charge is 0.341 e. The number of nitrogens with zero attached hydrogens (tertiary/aromatic N) is 3. The molecule has 1 N–H and O–H groups in total. The molecule has 0 unspecified atom stereocenters. The highest BCUT2D eigenvalue weighted by Gasteiger charge is 2.22. The molecule has 0 radical (unpaired) electrons. The van der Waals surface area contributed by atoms with Crippen molar-refractivity contribution >= 4 is 32.5 Å². The molecule has 9 nitrogen and oxygen atoms in total. The highest BCUT2D eigenvalue weighted by molar-refractivity contribution is 7.92. The van der Waals surface area contributed by atoms with E-state index in [9.17, 15) is 31.6 Å². The van der Waals surface area contributed by atoms with Crippen LogP contribution in [0.2, 0.25) is 0 Å². The Morgan fingerprint density at radius 1 is 1.03 bits per heavy atom. The molecule has 0 atom stereocenters. The number of likely N-dealkylation sites (tertiary alicyclic amines) is 1. The van der Waals surface area contributed by atoms with Crippen molar-refractivity contribution in [1.82, 2.24) is 14.0 Å². The van der Waals surface area contributed by atoms with Crippen molar-refractivity contribution in [2.45, 2.75) is 24.3 Å². The lowest BCUT2D eigenvalue weighted by atomic mass is 10.2. The second-order valence-corrected chi connectivity index (χ2v) is 9.42. The average Bonchev–Trinajstić information content (AvgIpc) is 3.32. The Hall–Kier alpha value is -3.54. The van der Waals surface area contributed by atoms with Crippen LogP contribution in [-0.4, -0.2) is 41.4 Å². The third kappa shape index (κ3) is 4.25. The minimum atomic E-state index is -4.27. The zero-order valence-corrected chi connectivity index (χ0v) is 18.4. The molecule has 1 aromatic heterocycles. The fraction of sp³-hybridized carbons (Fsp3) is 0.286. The molecule has 174 valence electrons. The molecular formula is C21H20F2N4O5S. The van der Waals surface area contributed by atoms with E-state index in [1.165, 1.54) is 19.2 Å². The number of carbonyl (C=O) groups excluding carboxylic acids is 1. The predicted molar refractivity (Wildman–Crippen MR) is 116 cm³/mol. The summed E-state index contributed by atoms with van der Waals surface area (Å²) in [5.74, 6) is -2.72. The van der Waals surface area contributed by atoms with Crippen LogP contribution in [0.5, 0.6) is 0 Å². The van der Waals surface area contributed by atoms with E-state index in [-0.39, 0.29) is 27.4 Å². The number of nitrogens with one attached hydrogen (secondary N) is 1. The van der Waals surface area contributed by atoms with Gasteiger partial charge in [0.2, 0.25) is 5.91 Å². The van der Waals surface area contributed by atoms with Gasteiger partial charge in [-0.3, -0.25) is 23.4 Å². The van der Waals surface area contributed by atoms with E-state index in [4.69, 9.17) is 0 Å². The van der Waals surface area contributed by atoms with Gasteiger partial charge in [0.15, 0.2) is 11.6 Å². The lowest BCUT2D eigenvalue weighted by molar-refractivity contribution is -0.130. The van der Waals surface area contributed by atoms with Crippen molar-refractivity contribution in [3.05, 3.63) is 68.9 Å². The van der Waals surface area contributed by atoms with Crippen LogP contribution in [0.15, 0.2) is 50.9 Å².